The predicted molar refractivity (Wildman–Crippen MR) is 73.3 cm³/mol. The van der Waals surface area contributed by atoms with Crippen molar-refractivity contribution in [1.29, 1.82) is 0 Å². The molecule has 0 fully saturated rings. The van der Waals surface area contributed by atoms with Crippen LogP contribution in [0.15, 0.2) is 6.07 Å². The van der Waals surface area contributed by atoms with Gasteiger partial charge in [0.2, 0.25) is 0 Å². The summed E-state index contributed by atoms with van der Waals surface area (Å²) in [6.07, 6.45) is -4.31. The molecular weight excluding hydrogens is 273 g/mol. The van der Waals surface area contributed by atoms with Gasteiger partial charge in [-0.1, -0.05) is 41.5 Å². The molecule has 0 aliphatic carbocycles. The van der Waals surface area contributed by atoms with Crippen molar-refractivity contribution in [2.45, 2.75) is 58.5 Å². The van der Waals surface area contributed by atoms with E-state index in [1.54, 1.807) is 6.07 Å². The number of hydrogen-bond acceptors (Lipinski definition) is 2. The summed E-state index contributed by atoms with van der Waals surface area (Å²) in [7, 11) is 0. The van der Waals surface area contributed by atoms with E-state index < -0.39 is 12.8 Å². The molecule has 0 amide bonds. The maximum atomic E-state index is 12.3. The van der Waals surface area contributed by atoms with Crippen molar-refractivity contribution >= 4 is 11.3 Å². The standard InChI is InChI=1S/C14H21F3OS/c1-12(2,3)10-7-9(18-8-14(15,16)17)11(19-10)13(4,5)6/h7H,8H2,1-6H3. The summed E-state index contributed by atoms with van der Waals surface area (Å²) in [5.41, 5.74) is -0.320. The molecule has 1 rings (SSSR count). The number of thiophene rings is 1. The average Bonchev–Trinajstić information content (AvgIpc) is 2.55. The Morgan fingerprint density at radius 2 is 1.53 bits per heavy atom. The summed E-state index contributed by atoms with van der Waals surface area (Å²) in [6, 6.07) is 1.75. The fourth-order valence-corrected chi connectivity index (χ4v) is 2.75. The van der Waals surface area contributed by atoms with Gasteiger partial charge in [0.05, 0.1) is 4.88 Å². The van der Waals surface area contributed by atoms with Gasteiger partial charge in [-0.3, -0.25) is 0 Å². The lowest BCUT2D eigenvalue weighted by Gasteiger charge is -2.19. The number of alkyl halides is 3. The van der Waals surface area contributed by atoms with Crippen molar-refractivity contribution in [1.82, 2.24) is 0 Å². The molecule has 110 valence electrons. The summed E-state index contributed by atoms with van der Waals surface area (Å²) in [6.45, 7) is 10.8. The van der Waals surface area contributed by atoms with Crippen LogP contribution >= 0.6 is 11.3 Å². The van der Waals surface area contributed by atoms with Gasteiger partial charge in [-0.25, -0.2) is 0 Å². The summed E-state index contributed by atoms with van der Waals surface area (Å²) in [5.74, 6) is 0.361. The Kier molecular flexibility index (Phi) is 4.30. The second-order valence-electron chi connectivity index (χ2n) is 6.71. The Labute approximate surface area is 116 Å². The quantitative estimate of drug-likeness (QED) is 0.720. The van der Waals surface area contributed by atoms with E-state index in [9.17, 15) is 13.2 Å². The Morgan fingerprint density at radius 1 is 1.00 bits per heavy atom. The Morgan fingerprint density at radius 3 is 1.89 bits per heavy atom. The molecule has 1 heterocycles. The zero-order valence-corrected chi connectivity index (χ0v) is 13.1. The highest BCUT2D eigenvalue weighted by molar-refractivity contribution is 7.12. The van der Waals surface area contributed by atoms with Crippen LogP contribution in [0.25, 0.3) is 0 Å². The first-order valence-electron chi connectivity index (χ1n) is 6.15. The van der Waals surface area contributed by atoms with E-state index in [4.69, 9.17) is 4.74 Å². The van der Waals surface area contributed by atoms with E-state index in [0.717, 1.165) is 9.75 Å². The molecule has 0 atom stereocenters. The second-order valence-corrected chi connectivity index (χ2v) is 7.76. The maximum absolute atomic E-state index is 12.3. The molecule has 0 aromatic carbocycles. The number of ether oxygens (including phenoxy) is 1. The SMILES string of the molecule is CC(C)(C)c1cc(OCC(F)(F)F)c(C(C)(C)C)s1. The van der Waals surface area contributed by atoms with Crippen LogP contribution < -0.4 is 4.74 Å². The van der Waals surface area contributed by atoms with Gasteiger partial charge in [0.1, 0.15) is 5.75 Å². The molecule has 19 heavy (non-hydrogen) atoms. The minimum absolute atomic E-state index is 0.0927. The van der Waals surface area contributed by atoms with Gasteiger partial charge in [-0.05, 0) is 16.9 Å². The van der Waals surface area contributed by atoms with Gasteiger partial charge >= 0.3 is 6.18 Å². The van der Waals surface area contributed by atoms with Crippen molar-refractivity contribution in [3.8, 4) is 5.75 Å². The Bertz CT molecular complexity index is 433. The van der Waals surface area contributed by atoms with E-state index in [1.807, 2.05) is 41.5 Å². The molecule has 0 N–H and O–H groups in total. The Balaban J connectivity index is 3.11. The molecule has 0 aliphatic heterocycles. The normalized spacial score (nSPS) is 13.7. The number of rotatable bonds is 2. The number of halogens is 3. The van der Waals surface area contributed by atoms with E-state index in [2.05, 4.69) is 0 Å². The maximum Gasteiger partial charge on any atom is 0.422 e. The van der Waals surface area contributed by atoms with Gasteiger partial charge < -0.3 is 4.74 Å². The van der Waals surface area contributed by atoms with Crippen LogP contribution in [0.5, 0.6) is 5.75 Å². The number of hydrogen-bond donors (Lipinski definition) is 0. The molecule has 1 aromatic rings. The fourth-order valence-electron chi connectivity index (χ4n) is 1.53. The van der Waals surface area contributed by atoms with Crippen molar-refractivity contribution in [3.63, 3.8) is 0 Å². The van der Waals surface area contributed by atoms with Crippen molar-refractivity contribution in [3.05, 3.63) is 15.8 Å². The molecule has 0 saturated heterocycles. The van der Waals surface area contributed by atoms with Crippen LogP contribution in [0.4, 0.5) is 13.2 Å². The molecule has 1 aromatic heterocycles. The van der Waals surface area contributed by atoms with Gasteiger partial charge in [-0.15, -0.1) is 11.3 Å². The largest absolute Gasteiger partial charge is 0.483 e. The molecular formula is C14H21F3OS. The molecule has 0 bridgehead atoms. The van der Waals surface area contributed by atoms with E-state index in [-0.39, 0.29) is 10.8 Å². The first-order valence-corrected chi connectivity index (χ1v) is 6.97. The highest BCUT2D eigenvalue weighted by atomic mass is 32.1. The minimum atomic E-state index is -4.31. The predicted octanol–water partition coefficient (Wildman–Crippen LogP) is 5.28. The highest BCUT2D eigenvalue weighted by Crippen LogP contribution is 2.43. The molecule has 0 saturated carbocycles. The first kappa shape index (κ1) is 16.3. The summed E-state index contributed by atoms with van der Waals surface area (Å²) in [4.78, 5) is 1.90. The lowest BCUT2D eigenvalue weighted by atomic mass is 9.92. The highest BCUT2D eigenvalue weighted by Gasteiger charge is 2.32. The third kappa shape index (κ3) is 4.71. The summed E-state index contributed by atoms with van der Waals surface area (Å²) < 4.78 is 41.9. The molecule has 0 spiro atoms. The average molecular weight is 294 g/mol. The fraction of sp³-hybridized carbons (Fsp3) is 0.714. The molecule has 0 unspecified atom stereocenters. The minimum Gasteiger partial charge on any atom is -0.483 e. The van der Waals surface area contributed by atoms with Crippen LogP contribution in [0.2, 0.25) is 0 Å². The van der Waals surface area contributed by atoms with Crippen LogP contribution in [0.1, 0.15) is 51.3 Å². The van der Waals surface area contributed by atoms with Gasteiger partial charge in [0.15, 0.2) is 6.61 Å². The van der Waals surface area contributed by atoms with Crippen LogP contribution in [-0.2, 0) is 10.8 Å². The zero-order chi connectivity index (χ0) is 15.1. The lowest BCUT2D eigenvalue weighted by molar-refractivity contribution is -0.153. The summed E-state index contributed by atoms with van der Waals surface area (Å²) >= 11 is 1.53. The van der Waals surface area contributed by atoms with Crippen molar-refractivity contribution < 1.29 is 17.9 Å². The topological polar surface area (TPSA) is 9.23 Å². The van der Waals surface area contributed by atoms with Gasteiger partial charge in [-0.2, -0.15) is 13.2 Å². The van der Waals surface area contributed by atoms with Crippen LogP contribution in [-0.4, -0.2) is 12.8 Å². The van der Waals surface area contributed by atoms with Gasteiger partial charge in [0.25, 0.3) is 0 Å². The van der Waals surface area contributed by atoms with E-state index in [0.29, 0.717) is 5.75 Å². The summed E-state index contributed by atoms with van der Waals surface area (Å²) in [5, 5.41) is 0. The van der Waals surface area contributed by atoms with Crippen LogP contribution in [0, 0.1) is 0 Å². The molecule has 0 aliphatic rings. The van der Waals surface area contributed by atoms with E-state index >= 15 is 0 Å². The smallest absolute Gasteiger partial charge is 0.422 e. The monoisotopic (exact) mass is 294 g/mol. The third-order valence-electron chi connectivity index (χ3n) is 2.51. The molecule has 5 heteroatoms. The van der Waals surface area contributed by atoms with Crippen molar-refractivity contribution in [2.75, 3.05) is 6.61 Å². The Hall–Kier alpha value is -0.710. The lowest BCUT2D eigenvalue weighted by Crippen LogP contribution is -2.20. The third-order valence-corrected chi connectivity index (χ3v) is 4.48. The van der Waals surface area contributed by atoms with Gasteiger partial charge in [0, 0.05) is 4.88 Å². The first-order chi connectivity index (χ1) is 8.31. The van der Waals surface area contributed by atoms with Crippen molar-refractivity contribution in [2.24, 2.45) is 0 Å². The zero-order valence-electron chi connectivity index (χ0n) is 12.2. The molecule has 0 radical (unpaired) electrons. The molecule has 1 nitrogen and oxygen atoms in total. The second kappa shape index (κ2) is 5.00. The van der Waals surface area contributed by atoms with E-state index in [1.165, 1.54) is 11.3 Å². The van der Waals surface area contributed by atoms with Crippen LogP contribution in [0.3, 0.4) is 0 Å².